The highest BCUT2D eigenvalue weighted by molar-refractivity contribution is 8.18. The largest absolute Gasteiger partial charge is 0.489 e. The second-order valence-electron chi connectivity index (χ2n) is 6.15. The minimum atomic E-state index is -0.351. The normalized spacial score (nSPS) is 15.3. The summed E-state index contributed by atoms with van der Waals surface area (Å²) >= 11 is 0.914. The molecule has 1 aliphatic heterocycles. The van der Waals surface area contributed by atoms with E-state index < -0.39 is 0 Å². The Kier molecular flexibility index (Phi) is 4.56. The van der Waals surface area contributed by atoms with Crippen LogP contribution in [0, 0.1) is 0 Å². The van der Waals surface area contributed by atoms with Crippen LogP contribution in [-0.2, 0) is 11.4 Å². The van der Waals surface area contributed by atoms with E-state index in [1.54, 1.807) is 6.08 Å². The van der Waals surface area contributed by atoms with Crippen LogP contribution in [0.2, 0.25) is 0 Å². The van der Waals surface area contributed by atoms with Crippen molar-refractivity contribution in [1.82, 2.24) is 5.32 Å². The van der Waals surface area contributed by atoms with Crippen molar-refractivity contribution in [3.8, 4) is 5.75 Å². The van der Waals surface area contributed by atoms with E-state index in [0.29, 0.717) is 17.2 Å². The van der Waals surface area contributed by atoms with E-state index in [0.717, 1.165) is 39.4 Å². The fraction of sp³-hybridized carbons (Fsp3) is 0.0476. The molecule has 1 aliphatic rings. The summed E-state index contributed by atoms with van der Waals surface area (Å²) in [5.74, 6) is 0.419. The third kappa shape index (κ3) is 3.96. The van der Waals surface area contributed by atoms with Crippen LogP contribution >= 0.6 is 11.8 Å². The molecule has 0 radical (unpaired) electrons. The molecule has 0 aromatic heterocycles. The molecule has 1 heterocycles. The number of benzene rings is 3. The number of ether oxygens (including phenoxy) is 1. The molecule has 0 spiro atoms. The predicted octanol–water partition coefficient (Wildman–Crippen LogP) is 4.32. The third-order valence-electron chi connectivity index (χ3n) is 4.13. The summed E-state index contributed by atoms with van der Waals surface area (Å²) in [4.78, 5) is 23.3. The Labute approximate surface area is 160 Å². The third-order valence-corrected chi connectivity index (χ3v) is 4.94. The molecule has 0 unspecified atom stereocenters. The summed E-state index contributed by atoms with van der Waals surface area (Å²) in [6.07, 6.45) is 1.72. The van der Waals surface area contributed by atoms with Crippen molar-refractivity contribution in [3.63, 3.8) is 0 Å². The van der Waals surface area contributed by atoms with Gasteiger partial charge in [0, 0.05) is 5.69 Å². The van der Waals surface area contributed by atoms with Gasteiger partial charge < -0.3 is 10.5 Å². The van der Waals surface area contributed by atoms with E-state index in [1.807, 2.05) is 60.7 Å². The Morgan fingerprint density at radius 2 is 1.81 bits per heavy atom. The molecule has 3 aromatic rings. The monoisotopic (exact) mass is 376 g/mol. The van der Waals surface area contributed by atoms with Gasteiger partial charge >= 0.3 is 0 Å². The molecule has 0 aliphatic carbocycles. The Morgan fingerprint density at radius 1 is 1.00 bits per heavy atom. The highest BCUT2D eigenvalue weighted by Gasteiger charge is 2.24. The number of hydrogen-bond donors (Lipinski definition) is 2. The number of nitrogens with two attached hydrogens (primary N) is 1. The number of carbonyl (C=O) groups excluding carboxylic acids is 2. The lowest BCUT2D eigenvalue weighted by molar-refractivity contribution is -0.115. The number of fused-ring (bicyclic) bond motifs is 1. The molecular formula is C21H16N2O3S. The number of nitrogens with one attached hydrogen (secondary N) is 1. The van der Waals surface area contributed by atoms with Gasteiger partial charge in [0.1, 0.15) is 12.4 Å². The molecule has 134 valence electrons. The first-order chi connectivity index (χ1) is 13.1. The van der Waals surface area contributed by atoms with Crippen molar-refractivity contribution in [3.05, 3.63) is 76.7 Å². The zero-order chi connectivity index (χ0) is 18.8. The maximum atomic E-state index is 11.7. The van der Waals surface area contributed by atoms with Gasteiger partial charge in [-0.15, -0.1) is 0 Å². The smallest absolute Gasteiger partial charge is 0.290 e. The molecule has 0 bridgehead atoms. The summed E-state index contributed by atoms with van der Waals surface area (Å²) in [6, 6.07) is 19.3. The summed E-state index contributed by atoms with van der Waals surface area (Å²) in [5, 5.41) is 3.97. The first-order valence-corrected chi connectivity index (χ1v) is 9.14. The number of thioether (sulfide) groups is 1. The van der Waals surface area contributed by atoms with Crippen LogP contribution < -0.4 is 15.8 Å². The van der Waals surface area contributed by atoms with Crippen molar-refractivity contribution in [2.75, 3.05) is 5.73 Å². The number of hydrogen-bond acceptors (Lipinski definition) is 5. The van der Waals surface area contributed by atoms with Crippen molar-refractivity contribution in [1.29, 1.82) is 0 Å². The lowest BCUT2D eigenvalue weighted by atomic mass is 10.1. The quantitative estimate of drug-likeness (QED) is 0.523. The fourth-order valence-corrected chi connectivity index (χ4v) is 3.53. The van der Waals surface area contributed by atoms with Crippen LogP contribution in [-0.4, -0.2) is 11.1 Å². The second kappa shape index (κ2) is 7.17. The van der Waals surface area contributed by atoms with Crippen LogP contribution in [0.1, 0.15) is 11.1 Å². The number of rotatable bonds is 4. The molecule has 1 saturated heterocycles. The van der Waals surface area contributed by atoms with E-state index >= 15 is 0 Å². The summed E-state index contributed by atoms with van der Waals surface area (Å²) in [6.45, 7) is 0.446. The van der Waals surface area contributed by atoms with Gasteiger partial charge in [0.05, 0.1) is 4.91 Å². The van der Waals surface area contributed by atoms with Crippen molar-refractivity contribution in [2.24, 2.45) is 0 Å². The van der Waals surface area contributed by atoms with Crippen LogP contribution in [0.4, 0.5) is 10.5 Å². The van der Waals surface area contributed by atoms with E-state index in [4.69, 9.17) is 10.5 Å². The predicted molar refractivity (Wildman–Crippen MR) is 108 cm³/mol. The molecule has 6 heteroatoms. The fourth-order valence-electron chi connectivity index (χ4n) is 2.84. The van der Waals surface area contributed by atoms with Crippen LogP contribution in [0.25, 0.3) is 16.8 Å². The highest BCUT2D eigenvalue weighted by atomic mass is 32.2. The lowest BCUT2D eigenvalue weighted by Gasteiger charge is -2.08. The number of nitrogen functional groups attached to an aromatic ring is 1. The van der Waals surface area contributed by atoms with Gasteiger partial charge in [0.15, 0.2) is 0 Å². The molecule has 3 N–H and O–H groups in total. The molecule has 4 rings (SSSR count). The first-order valence-electron chi connectivity index (χ1n) is 8.33. The van der Waals surface area contributed by atoms with Gasteiger partial charge in [-0.05, 0) is 70.1 Å². The van der Waals surface area contributed by atoms with Gasteiger partial charge in [0.25, 0.3) is 11.1 Å². The van der Waals surface area contributed by atoms with E-state index in [-0.39, 0.29) is 11.1 Å². The van der Waals surface area contributed by atoms with E-state index in [2.05, 4.69) is 5.32 Å². The maximum absolute atomic E-state index is 11.7. The first kappa shape index (κ1) is 17.2. The molecule has 5 nitrogen and oxygen atoms in total. The number of carbonyl (C=O) groups is 2. The van der Waals surface area contributed by atoms with Crippen molar-refractivity contribution < 1.29 is 14.3 Å². The Balaban J connectivity index is 1.53. The second-order valence-corrected chi connectivity index (χ2v) is 7.17. The minimum Gasteiger partial charge on any atom is -0.489 e. The highest BCUT2D eigenvalue weighted by Crippen LogP contribution is 2.28. The topological polar surface area (TPSA) is 81.4 Å². The van der Waals surface area contributed by atoms with Gasteiger partial charge in [-0.2, -0.15) is 0 Å². The summed E-state index contributed by atoms with van der Waals surface area (Å²) in [5.41, 5.74) is 8.38. The molecule has 27 heavy (non-hydrogen) atoms. The zero-order valence-electron chi connectivity index (χ0n) is 14.3. The van der Waals surface area contributed by atoms with Crippen LogP contribution in [0.15, 0.2) is 65.6 Å². The average Bonchev–Trinajstić information content (AvgIpc) is 2.97. The molecule has 0 atom stereocenters. The average molecular weight is 376 g/mol. The van der Waals surface area contributed by atoms with Crippen LogP contribution in [0.5, 0.6) is 5.75 Å². The number of imide groups is 1. The molecule has 3 aromatic carbocycles. The van der Waals surface area contributed by atoms with Crippen molar-refractivity contribution in [2.45, 2.75) is 6.61 Å². The van der Waals surface area contributed by atoms with E-state index in [9.17, 15) is 9.59 Å². The minimum absolute atomic E-state index is 0.339. The summed E-state index contributed by atoms with van der Waals surface area (Å²) < 4.78 is 5.86. The SMILES string of the molecule is Nc1cccc(COc2ccc3cc(/C=C4\SC(=O)NC4=O)ccc3c2)c1. The summed E-state index contributed by atoms with van der Waals surface area (Å²) in [7, 11) is 0. The van der Waals surface area contributed by atoms with Crippen molar-refractivity contribution >= 4 is 45.4 Å². The van der Waals surface area contributed by atoms with Gasteiger partial charge in [0.2, 0.25) is 0 Å². The maximum Gasteiger partial charge on any atom is 0.290 e. The molecular weight excluding hydrogens is 360 g/mol. The van der Waals surface area contributed by atoms with Gasteiger partial charge in [-0.3, -0.25) is 14.9 Å². The lowest BCUT2D eigenvalue weighted by Crippen LogP contribution is -2.17. The van der Waals surface area contributed by atoms with Gasteiger partial charge in [-0.1, -0.05) is 30.3 Å². The Morgan fingerprint density at radius 3 is 2.59 bits per heavy atom. The zero-order valence-corrected chi connectivity index (χ0v) is 15.1. The van der Waals surface area contributed by atoms with Gasteiger partial charge in [-0.25, -0.2) is 0 Å². The Hall–Kier alpha value is -3.25. The van der Waals surface area contributed by atoms with Crippen LogP contribution in [0.3, 0.4) is 0 Å². The molecule has 1 fully saturated rings. The number of amides is 2. The Bertz CT molecular complexity index is 1090. The molecule has 0 saturated carbocycles. The molecule has 2 amide bonds. The van der Waals surface area contributed by atoms with E-state index in [1.165, 1.54) is 0 Å². The number of anilines is 1. The standard InChI is InChI=1S/C21H16N2O3S/c22-17-3-1-2-14(9-17)12-26-18-7-6-15-8-13(4-5-16(15)11-18)10-19-20(24)23-21(25)27-19/h1-11H,12,22H2,(H,23,24,25)/b19-10-.